The van der Waals surface area contributed by atoms with Crippen LogP contribution < -0.4 is 10.5 Å². The highest BCUT2D eigenvalue weighted by Crippen LogP contribution is 2.25. The monoisotopic (exact) mass is 278 g/mol. The summed E-state index contributed by atoms with van der Waals surface area (Å²) in [6.45, 7) is 2.84. The quantitative estimate of drug-likeness (QED) is 0.913. The first-order chi connectivity index (χ1) is 9.63. The minimum absolute atomic E-state index is 0.270. The van der Waals surface area contributed by atoms with Gasteiger partial charge in [-0.05, 0) is 24.6 Å². The SMILES string of the molecule is CCCOc1cnc(-c2cc(F)cc(F)c2)cc1CN. The van der Waals surface area contributed by atoms with Crippen LogP contribution >= 0.6 is 0 Å². The summed E-state index contributed by atoms with van der Waals surface area (Å²) >= 11 is 0. The molecule has 0 bridgehead atoms. The fourth-order valence-corrected chi connectivity index (χ4v) is 1.85. The highest BCUT2D eigenvalue weighted by Gasteiger charge is 2.09. The van der Waals surface area contributed by atoms with Crippen LogP contribution in [0, 0.1) is 11.6 Å². The van der Waals surface area contributed by atoms with E-state index in [4.69, 9.17) is 10.5 Å². The van der Waals surface area contributed by atoms with Crippen molar-refractivity contribution >= 4 is 0 Å². The lowest BCUT2D eigenvalue weighted by Gasteiger charge is -2.11. The lowest BCUT2D eigenvalue weighted by molar-refractivity contribution is 0.313. The van der Waals surface area contributed by atoms with Crippen molar-refractivity contribution in [2.45, 2.75) is 19.9 Å². The third kappa shape index (κ3) is 3.30. The van der Waals surface area contributed by atoms with E-state index < -0.39 is 11.6 Å². The van der Waals surface area contributed by atoms with Crippen LogP contribution in [0.3, 0.4) is 0 Å². The Balaban J connectivity index is 2.37. The molecule has 0 spiro atoms. The Kier molecular flexibility index (Phi) is 4.63. The summed E-state index contributed by atoms with van der Waals surface area (Å²) in [6, 6.07) is 4.99. The van der Waals surface area contributed by atoms with Gasteiger partial charge < -0.3 is 10.5 Å². The molecule has 0 saturated heterocycles. The van der Waals surface area contributed by atoms with E-state index in [1.807, 2.05) is 6.92 Å². The maximum absolute atomic E-state index is 13.2. The third-order valence-electron chi connectivity index (χ3n) is 2.79. The van der Waals surface area contributed by atoms with Gasteiger partial charge >= 0.3 is 0 Å². The Bertz CT molecular complexity index is 582. The zero-order valence-corrected chi connectivity index (χ0v) is 11.2. The second kappa shape index (κ2) is 6.43. The molecule has 0 unspecified atom stereocenters. The topological polar surface area (TPSA) is 48.1 Å². The highest BCUT2D eigenvalue weighted by molar-refractivity contribution is 5.61. The number of halogens is 2. The van der Waals surface area contributed by atoms with Crippen molar-refractivity contribution in [1.82, 2.24) is 4.98 Å². The average molecular weight is 278 g/mol. The summed E-state index contributed by atoms with van der Waals surface area (Å²) in [5.74, 6) is -0.667. The molecule has 2 aromatic rings. The molecule has 1 aromatic heterocycles. The maximum atomic E-state index is 13.2. The molecule has 106 valence electrons. The number of benzene rings is 1. The number of nitrogens with two attached hydrogens (primary N) is 1. The van der Waals surface area contributed by atoms with Gasteiger partial charge in [-0.25, -0.2) is 8.78 Å². The van der Waals surface area contributed by atoms with Crippen molar-refractivity contribution in [3.05, 3.63) is 47.7 Å². The van der Waals surface area contributed by atoms with Gasteiger partial charge in [-0.2, -0.15) is 0 Å². The van der Waals surface area contributed by atoms with E-state index in [-0.39, 0.29) is 6.54 Å². The first kappa shape index (κ1) is 14.4. The molecule has 0 aliphatic carbocycles. The van der Waals surface area contributed by atoms with E-state index in [1.165, 1.54) is 18.3 Å². The molecule has 0 fully saturated rings. The molecule has 1 heterocycles. The van der Waals surface area contributed by atoms with E-state index in [0.717, 1.165) is 18.1 Å². The van der Waals surface area contributed by atoms with Crippen LogP contribution in [0.5, 0.6) is 5.75 Å². The Hall–Kier alpha value is -2.01. The number of pyridine rings is 1. The zero-order valence-electron chi connectivity index (χ0n) is 11.2. The van der Waals surface area contributed by atoms with Crippen molar-refractivity contribution in [1.29, 1.82) is 0 Å². The molecule has 0 saturated carbocycles. The molecule has 0 amide bonds. The molecule has 3 nitrogen and oxygen atoms in total. The third-order valence-corrected chi connectivity index (χ3v) is 2.79. The van der Waals surface area contributed by atoms with Crippen LogP contribution in [0.4, 0.5) is 8.78 Å². The zero-order chi connectivity index (χ0) is 14.5. The molecule has 5 heteroatoms. The fraction of sp³-hybridized carbons (Fsp3) is 0.267. The summed E-state index contributed by atoms with van der Waals surface area (Å²) in [7, 11) is 0. The van der Waals surface area contributed by atoms with E-state index in [0.29, 0.717) is 23.6 Å². The van der Waals surface area contributed by atoms with Gasteiger partial charge in [0.15, 0.2) is 0 Å². The van der Waals surface area contributed by atoms with Crippen LogP contribution in [0.2, 0.25) is 0 Å². The van der Waals surface area contributed by atoms with Crippen LogP contribution in [0.25, 0.3) is 11.3 Å². The Morgan fingerprint density at radius 3 is 2.45 bits per heavy atom. The molecule has 20 heavy (non-hydrogen) atoms. The van der Waals surface area contributed by atoms with Crippen molar-refractivity contribution < 1.29 is 13.5 Å². The summed E-state index contributed by atoms with van der Waals surface area (Å²) in [5, 5.41) is 0. The maximum Gasteiger partial charge on any atom is 0.142 e. The first-order valence-corrected chi connectivity index (χ1v) is 6.42. The number of rotatable bonds is 5. The van der Waals surface area contributed by atoms with Crippen LogP contribution in [0.1, 0.15) is 18.9 Å². The number of hydrogen-bond donors (Lipinski definition) is 1. The molecular formula is C15H16F2N2O. The minimum atomic E-state index is -0.637. The Morgan fingerprint density at radius 1 is 1.15 bits per heavy atom. The Morgan fingerprint density at radius 2 is 1.85 bits per heavy atom. The van der Waals surface area contributed by atoms with Gasteiger partial charge in [0, 0.05) is 23.7 Å². The van der Waals surface area contributed by atoms with Gasteiger partial charge in [0.2, 0.25) is 0 Å². The van der Waals surface area contributed by atoms with Crippen molar-refractivity contribution in [3.63, 3.8) is 0 Å². The van der Waals surface area contributed by atoms with E-state index in [9.17, 15) is 8.78 Å². The minimum Gasteiger partial charge on any atom is -0.492 e. The molecule has 0 atom stereocenters. The van der Waals surface area contributed by atoms with E-state index >= 15 is 0 Å². The van der Waals surface area contributed by atoms with Crippen molar-refractivity contribution in [2.24, 2.45) is 5.73 Å². The van der Waals surface area contributed by atoms with Crippen LogP contribution in [0.15, 0.2) is 30.5 Å². The molecule has 0 aliphatic rings. The molecule has 2 N–H and O–H groups in total. The number of hydrogen-bond acceptors (Lipinski definition) is 3. The van der Waals surface area contributed by atoms with E-state index in [2.05, 4.69) is 4.98 Å². The van der Waals surface area contributed by atoms with Gasteiger partial charge in [0.1, 0.15) is 17.4 Å². The molecular weight excluding hydrogens is 262 g/mol. The highest BCUT2D eigenvalue weighted by atomic mass is 19.1. The van der Waals surface area contributed by atoms with Gasteiger partial charge in [-0.1, -0.05) is 6.92 Å². The number of nitrogens with zero attached hydrogens (tertiary/aromatic N) is 1. The lowest BCUT2D eigenvalue weighted by atomic mass is 10.1. The first-order valence-electron chi connectivity index (χ1n) is 6.42. The second-order valence-electron chi connectivity index (χ2n) is 4.39. The summed E-state index contributed by atoms with van der Waals surface area (Å²) in [4.78, 5) is 4.18. The van der Waals surface area contributed by atoms with Gasteiger partial charge in [0.05, 0.1) is 18.5 Å². The molecule has 0 aliphatic heterocycles. The summed E-state index contributed by atoms with van der Waals surface area (Å²) < 4.78 is 32.0. The summed E-state index contributed by atoms with van der Waals surface area (Å²) in [5.41, 5.74) is 7.27. The van der Waals surface area contributed by atoms with Gasteiger partial charge in [-0.15, -0.1) is 0 Å². The second-order valence-corrected chi connectivity index (χ2v) is 4.39. The lowest BCUT2D eigenvalue weighted by Crippen LogP contribution is -2.04. The predicted molar refractivity (Wildman–Crippen MR) is 73.3 cm³/mol. The van der Waals surface area contributed by atoms with Crippen molar-refractivity contribution in [3.8, 4) is 17.0 Å². The van der Waals surface area contributed by atoms with Gasteiger partial charge in [0.25, 0.3) is 0 Å². The Labute approximate surface area is 116 Å². The number of ether oxygens (including phenoxy) is 1. The molecule has 1 aromatic carbocycles. The van der Waals surface area contributed by atoms with Gasteiger partial charge in [-0.3, -0.25) is 4.98 Å². The largest absolute Gasteiger partial charge is 0.492 e. The summed E-state index contributed by atoms with van der Waals surface area (Å²) in [6.07, 6.45) is 2.41. The number of aromatic nitrogens is 1. The average Bonchev–Trinajstić information content (AvgIpc) is 2.43. The standard InChI is InChI=1S/C15H16F2N2O/c1-2-3-20-15-9-19-14(6-11(15)8-18)10-4-12(16)7-13(17)5-10/h4-7,9H,2-3,8,18H2,1H3. The normalized spacial score (nSPS) is 10.6. The smallest absolute Gasteiger partial charge is 0.142 e. The molecule has 0 radical (unpaired) electrons. The van der Waals surface area contributed by atoms with Crippen LogP contribution in [-0.4, -0.2) is 11.6 Å². The van der Waals surface area contributed by atoms with E-state index in [1.54, 1.807) is 6.07 Å². The van der Waals surface area contributed by atoms with Crippen LogP contribution in [-0.2, 0) is 6.54 Å². The fourth-order valence-electron chi connectivity index (χ4n) is 1.85. The molecule has 2 rings (SSSR count). The predicted octanol–water partition coefficient (Wildman–Crippen LogP) is 3.27. The van der Waals surface area contributed by atoms with Crippen molar-refractivity contribution in [2.75, 3.05) is 6.61 Å².